The number of hydrogen-bond donors (Lipinski definition) is 5. The summed E-state index contributed by atoms with van der Waals surface area (Å²) in [7, 11) is 1.45. The molecule has 0 atom stereocenters. The van der Waals surface area contributed by atoms with Crippen LogP contribution in [0.2, 0.25) is 0 Å². The number of piperazine rings is 1. The Balaban J connectivity index is 1.51. The number of nitrogens with one attached hydrogen (secondary N) is 1. The highest BCUT2D eigenvalue weighted by atomic mass is 16.5. The minimum absolute atomic E-state index is 0.148. The van der Waals surface area contributed by atoms with Gasteiger partial charge in [0.1, 0.15) is 5.75 Å². The average molecular weight is 508 g/mol. The lowest BCUT2D eigenvalue weighted by atomic mass is 10.1. The van der Waals surface area contributed by atoms with E-state index in [2.05, 4.69) is 15.1 Å². The van der Waals surface area contributed by atoms with Crippen molar-refractivity contribution in [2.75, 3.05) is 43.3 Å². The van der Waals surface area contributed by atoms with E-state index in [1.165, 1.54) is 46.8 Å². The number of Topliss-reactive ketones (excluding diaryl/α,β-unsaturated/α-hetero) is 1. The Labute approximate surface area is 212 Å². The first kappa shape index (κ1) is 25.3. The Morgan fingerprint density at radius 2 is 1.81 bits per heavy atom. The topological polar surface area (TPSA) is 201 Å². The van der Waals surface area contributed by atoms with Gasteiger partial charge in [-0.25, -0.2) is 21.7 Å². The standard InChI is InChI=1S/C23H29N11O3/c1-37-17-14-29-21(33(26)8-7-24)19-18(17)16(13-28-19)20(35)22(36)31-9-11-32(12-10-31)23(30-25)34(27)15-5-3-2-4-6-15/h2-8,13-14,28H,9-12,24-27H2,1H3/b8-7-,30-23-. The van der Waals surface area contributed by atoms with Crippen LogP contribution in [0.3, 0.4) is 0 Å². The number of para-hydroxylation sites is 1. The smallest absolute Gasteiger partial charge is 0.295 e. The molecule has 1 amide bonds. The van der Waals surface area contributed by atoms with Crippen LogP contribution in [0.1, 0.15) is 10.4 Å². The monoisotopic (exact) mass is 507 g/mol. The van der Waals surface area contributed by atoms with Gasteiger partial charge in [0.15, 0.2) is 5.82 Å². The number of amides is 1. The zero-order chi connectivity index (χ0) is 26.5. The van der Waals surface area contributed by atoms with Gasteiger partial charge in [-0.1, -0.05) is 18.2 Å². The minimum Gasteiger partial charge on any atom is -0.494 e. The van der Waals surface area contributed by atoms with Crippen molar-refractivity contribution in [3.05, 3.63) is 60.7 Å². The Bertz CT molecular complexity index is 1330. The first-order chi connectivity index (χ1) is 17.9. The van der Waals surface area contributed by atoms with Gasteiger partial charge in [-0.15, -0.1) is 5.10 Å². The molecule has 1 aliphatic heterocycles. The number of hydrazone groups is 1. The molecule has 0 radical (unpaired) electrons. The lowest BCUT2D eigenvalue weighted by Crippen LogP contribution is -2.57. The Morgan fingerprint density at radius 3 is 2.43 bits per heavy atom. The third kappa shape index (κ3) is 4.82. The van der Waals surface area contributed by atoms with Crippen LogP contribution in [-0.2, 0) is 4.79 Å². The van der Waals surface area contributed by atoms with E-state index < -0.39 is 11.7 Å². The molecular weight excluding hydrogens is 478 g/mol. The Hall–Kier alpha value is -4.82. The molecule has 2 aromatic heterocycles. The lowest BCUT2D eigenvalue weighted by molar-refractivity contribution is -0.127. The summed E-state index contributed by atoms with van der Waals surface area (Å²) in [5.41, 5.74) is 6.71. The SMILES string of the molecule is COc1cnc(N(N)/C=C\N)c2[nH]cc(C(=O)C(=O)N3CCN(/C(=N/N)N(N)c4ccccc4)CC3)c12. The van der Waals surface area contributed by atoms with E-state index in [0.29, 0.717) is 47.2 Å². The second kappa shape index (κ2) is 10.8. The van der Waals surface area contributed by atoms with Crippen molar-refractivity contribution in [1.29, 1.82) is 0 Å². The van der Waals surface area contributed by atoms with E-state index >= 15 is 0 Å². The molecule has 9 N–H and O–H groups in total. The molecule has 1 saturated heterocycles. The van der Waals surface area contributed by atoms with E-state index in [0.717, 1.165) is 0 Å². The molecule has 4 rings (SSSR count). The summed E-state index contributed by atoms with van der Waals surface area (Å²) in [5, 5.41) is 6.81. The molecule has 1 fully saturated rings. The molecule has 1 aliphatic rings. The van der Waals surface area contributed by atoms with Crippen molar-refractivity contribution < 1.29 is 14.3 Å². The second-order valence-corrected chi connectivity index (χ2v) is 8.09. The van der Waals surface area contributed by atoms with Crippen molar-refractivity contribution in [2.24, 2.45) is 28.4 Å². The molecule has 14 heteroatoms. The number of guanidine groups is 1. The minimum atomic E-state index is -0.689. The average Bonchev–Trinajstić information content (AvgIpc) is 3.38. The summed E-state index contributed by atoms with van der Waals surface area (Å²) in [4.78, 5) is 37.1. The maximum absolute atomic E-state index is 13.3. The van der Waals surface area contributed by atoms with Gasteiger partial charge >= 0.3 is 0 Å². The fourth-order valence-electron chi connectivity index (χ4n) is 4.17. The number of nitrogens with two attached hydrogens (primary N) is 4. The predicted octanol–water partition coefficient (Wildman–Crippen LogP) is -0.382. The zero-order valence-corrected chi connectivity index (χ0v) is 20.2. The van der Waals surface area contributed by atoms with Crippen molar-refractivity contribution in [3.63, 3.8) is 0 Å². The summed E-state index contributed by atoms with van der Waals surface area (Å²) < 4.78 is 5.40. The highest BCUT2D eigenvalue weighted by molar-refractivity contribution is 6.45. The maximum atomic E-state index is 13.3. The van der Waals surface area contributed by atoms with Crippen LogP contribution in [0.5, 0.6) is 5.75 Å². The third-order valence-corrected chi connectivity index (χ3v) is 6.02. The number of aromatic nitrogens is 2. The van der Waals surface area contributed by atoms with E-state index in [4.69, 9.17) is 28.0 Å². The van der Waals surface area contributed by atoms with Gasteiger partial charge < -0.3 is 31.1 Å². The number of methoxy groups -OCH3 is 1. The number of H-pyrrole nitrogens is 1. The largest absolute Gasteiger partial charge is 0.494 e. The van der Waals surface area contributed by atoms with Gasteiger partial charge in [0.05, 0.1) is 35.5 Å². The number of aromatic amines is 1. The molecule has 1 aromatic carbocycles. The van der Waals surface area contributed by atoms with Crippen LogP contribution in [-0.4, -0.2) is 70.7 Å². The molecule has 0 spiro atoms. The summed E-state index contributed by atoms with van der Waals surface area (Å²) in [6, 6.07) is 9.24. The number of carbonyl (C=O) groups excluding carboxylic acids is 2. The number of ketones is 1. The predicted molar refractivity (Wildman–Crippen MR) is 140 cm³/mol. The molecule has 0 bridgehead atoms. The lowest BCUT2D eigenvalue weighted by Gasteiger charge is -2.38. The molecule has 3 heterocycles. The van der Waals surface area contributed by atoms with Gasteiger partial charge in [-0.3, -0.25) is 14.6 Å². The summed E-state index contributed by atoms with van der Waals surface area (Å²) >= 11 is 0. The highest BCUT2D eigenvalue weighted by Gasteiger charge is 2.31. The normalized spacial score (nSPS) is 14.3. The summed E-state index contributed by atoms with van der Waals surface area (Å²) in [6.45, 7) is 1.32. The van der Waals surface area contributed by atoms with Gasteiger partial charge in [0.25, 0.3) is 11.7 Å². The molecule has 3 aromatic rings. The first-order valence-corrected chi connectivity index (χ1v) is 11.3. The van der Waals surface area contributed by atoms with Crippen molar-refractivity contribution in [2.45, 2.75) is 0 Å². The number of rotatable bonds is 6. The zero-order valence-electron chi connectivity index (χ0n) is 20.2. The van der Waals surface area contributed by atoms with E-state index in [1.807, 2.05) is 35.2 Å². The number of hydrogen-bond acceptors (Lipinski definition) is 10. The van der Waals surface area contributed by atoms with Crippen molar-refractivity contribution in [1.82, 2.24) is 19.8 Å². The van der Waals surface area contributed by atoms with Crippen LogP contribution in [0.15, 0.2) is 60.2 Å². The molecule has 0 unspecified atom stereocenters. The number of pyridine rings is 1. The van der Waals surface area contributed by atoms with Crippen LogP contribution < -0.4 is 38.0 Å². The third-order valence-electron chi connectivity index (χ3n) is 6.02. The Morgan fingerprint density at radius 1 is 1.14 bits per heavy atom. The molecule has 37 heavy (non-hydrogen) atoms. The summed E-state index contributed by atoms with van der Waals surface area (Å²) in [5.74, 6) is 17.5. The van der Waals surface area contributed by atoms with Crippen LogP contribution in [0.4, 0.5) is 11.5 Å². The second-order valence-electron chi connectivity index (χ2n) is 8.09. The number of nitrogens with zero attached hydrogens (tertiary/aromatic N) is 6. The van der Waals surface area contributed by atoms with E-state index in [9.17, 15) is 9.59 Å². The van der Waals surface area contributed by atoms with Gasteiger partial charge in [0, 0.05) is 44.8 Å². The quantitative estimate of drug-likeness (QED) is 0.0727. The molecule has 0 saturated carbocycles. The number of ether oxygens (including phenoxy) is 1. The fraction of sp³-hybridized carbons (Fsp3) is 0.217. The summed E-state index contributed by atoms with van der Waals surface area (Å²) in [6.07, 6.45) is 5.52. The van der Waals surface area contributed by atoms with E-state index in [1.54, 1.807) is 0 Å². The van der Waals surface area contributed by atoms with Crippen LogP contribution >= 0.6 is 0 Å². The van der Waals surface area contributed by atoms with Crippen LogP contribution in [0, 0.1) is 0 Å². The van der Waals surface area contributed by atoms with E-state index in [-0.39, 0.29) is 18.7 Å². The molecule has 194 valence electrons. The van der Waals surface area contributed by atoms with Gasteiger partial charge in [0.2, 0.25) is 5.96 Å². The maximum Gasteiger partial charge on any atom is 0.295 e. The van der Waals surface area contributed by atoms with Crippen molar-refractivity contribution in [3.8, 4) is 5.75 Å². The molecular formula is C23H29N11O3. The number of carbonyl (C=O) groups is 2. The fourth-order valence-corrected chi connectivity index (χ4v) is 4.17. The highest BCUT2D eigenvalue weighted by Crippen LogP contribution is 2.33. The number of anilines is 2. The Kier molecular flexibility index (Phi) is 7.41. The number of hydrazine groups is 2. The first-order valence-electron chi connectivity index (χ1n) is 11.3. The van der Waals surface area contributed by atoms with Crippen LogP contribution in [0.25, 0.3) is 10.9 Å². The van der Waals surface area contributed by atoms with Gasteiger partial charge in [-0.05, 0) is 12.1 Å². The molecule has 0 aliphatic carbocycles. The van der Waals surface area contributed by atoms with Crippen molar-refractivity contribution >= 4 is 40.1 Å². The van der Waals surface area contributed by atoms with Gasteiger partial charge in [-0.2, -0.15) is 0 Å². The number of fused-ring (bicyclic) bond motifs is 1. The molecule has 14 nitrogen and oxygen atoms in total. The number of benzene rings is 1.